The van der Waals surface area contributed by atoms with Crippen molar-refractivity contribution in [1.82, 2.24) is 5.32 Å². The summed E-state index contributed by atoms with van der Waals surface area (Å²) in [5, 5.41) is 3.13. The fraction of sp³-hybridized carbons (Fsp3) is 0.316. The number of carbonyl (C=O) groups is 3. The van der Waals surface area contributed by atoms with E-state index in [1.807, 2.05) is 0 Å². The first-order valence-electron chi connectivity index (χ1n) is 8.28. The second-order valence-electron chi connectivity index (χ2n) is 5.57. The van der Waals surface area contributed by atoms with Crippen molar-refractivity contribution in [3.63, 3.8) is 0 Å². The lowest BCUT2D eigenvalue weighted by atomic mass is 9.92. The summed E-state index contributed by atoms with van der Waals surface area (Å²) in [6.07, 6.45) is 1.67. The molecule has 6 nitrogen and oxygen atoms in total. The largest absolute Gasteiger partial charge is 0.466 e. The number of benzene rings is 1. The van der Waals surface area contributed by atoms with Gasteiger partial charge in [0.15, 0.2) is 5.76 Å². The normalized spacial score (nSPS) is 12.9. The van der Waals surface area contributed by atoms with Gasteiger partial charge in [-0.1, -0.05) is 18.5 Å². The molecule has 0 aliphatic rings. The highest BCUT2D eigenvalue weighted by molar-refractivity contribution is 6.30. The van der Waals surface area contributed by atoms with Gasteiger partial charge in [-0.05, 0) is 49.7 Å². The van der Waals surface area contributed by atoms with Gasteiger partial charge in [-0.2, -0.15) is 0 Å². The van der Waals surface area contributed by atoms with Crippen LogP contribution < -0.4 is 5.32 Å². The van der Waals surface area contributed by atoms with E-state index in [1.165, 1.54) is 24.5 Å². The first kappa shape index (κ1) is 19.7. The summed E-state index contributed by atoms with van der Waals surface area (Å²) in [5.74, 6) is -2.29. The minimum Gasteiger partial charge on any atom is -0.466 e. The predicted octanol–water partition coefficient (Wildman–Crippen LogP) is 3.50. The second kappa shape index (κ2) is 9.20. The number of hydrogen-bond acceptors (Lipinski definition) is 5. The average Bonchev–Trinajstić information content (AvgIpc) is 3.16. The minimum atomic E-state index is -1.10. The molecular formula is C19H20ClNO5. The van der Waals surface area contributed by atoms with Crippen molar-refractivity contribution in [3.8, 4) is 0 Å². The monoisotopic (exact) mass is 377 g/mol. The van der Waals surface area contributed by atoms with Gasteiger partial charge in [0.1, 0.15) is 6.04 Å². The number of furan rings is 1. The fourth-order valence-corrected chi connectivity index (χ4v) is 2.66. The molecule has 138 valence electrons. The highest BCUT2D eigenvalue weighted by atomic mass is 35.5. The topological polar surface area (TPSA) is 85.6 Å². The lowest BCUT2D eigenvalue weighted by molar-refractivity contribution is -0.148. The van der Waals surface area contributed by atoms with Crippen molar-refractivity contribution in [2.24, 2.45) is 5.92 Å². The number of Topliss-reactive ketones (excluding diaryl/α,β-unsaturated/α-hetero) is 1. The maximum Gasteiger partial charge on any atom is 0.311 e. The summed E-state index contributed by atoms with van der Waals surface area (Å²) in [4.78, 5) is 37.6. The minimum absolute atomic E-state index is 0.0640. The standard InChI is InChI=1S/C19H20ClNO5/c1-3-14(19(24)25-4-2)16(17(22)15-6-5-11-26-15)21-18(23)12-7-9-13(20)10-8-12/h5-11,14,16H,3-4H2,1-2H3,(H,21,23). The number of carbonyl (C=O) groups excluding carboxylic acids is 3. The number of ketones is 1. The van der Waals surface area contributed by atoms with Crippen molar-refractivity contribution in [2.75, 3.05) is 6.61 Å². The maximum atomic E-state index is 12.8. The van der Waals surface area contributed by atoms with Gasteiger partial charge >= 0.3 is 5.97 Å². The molecule has 1 amide bonds. The van der Waals surface area contributed by atoms with Gasteiger partial charge in [-0.15, -0.1) is 0 Å². The quantitative estimate of drug-likeness (QED) is 0.562. The van der Waals surface area contributed by atoms with Crippen LogP contribution >= 0.6 is 11.6 Å². The third-order valence-corrected chi connectivity index (χ3v) is 4.12. The zero-order chi connectivity index (χ0) is 19.1. The number of esters is 1. The first-order valence-corrected chi connectivity index (χ1v) is 8.66. The van der Waals surface area contributed by atoms with Crippen LogP contribution in [0, 0.1) is 5.92 Å². The van der Waals surface area contributed by atoms with Gasteiger partial charge in [0.2, 0.25) is 5.78 Å². The lowest BCUT2D eigenvalue weighted by Crippen LogP contribution is -2.48. The Hall–Kier alpha value is -2.60. The number of nitrogens with one attached hydrogen (secondary N) is 1. The number of amides is 1. The number of rotatable bonds is 8. The van der Waals surface area contributed by atoms with Crippen LogP contribution in [0.3, 0.4) is 0 Å². The Labute approximate surface area is 156 Å². The van der Waals surface area contributed by atoms with E-state index >= 15 is 0 Å². The molecule has 0 fully saturated rings. The van der Waals surface area contributed by atoms with E-state index in [-0.39, 0.29) is 12.4 Å². The molecule has 1 aromatic heterocycles. The van der Waals surface area contributed by atoms with E-state index in [4.69, 9.17) is 20.8 Å². The molecule has 0 radical (unpaired) electrons. The second-order valence-corrected chi connectivity index (χ2v) is 6.00. The Morgan fingerprint density at radius 2 is 1.85 bits per heavy atom. The predicted molar refractivity (Wildman–Crippen MR) is 96.2 cm³/mol. The smallest absolute Gasteiger partial charge is 0.311 e. The van der Waals surface area contributed by atoms with Crippen LogP contribution in [-0.2, 0) is 9.53 Å². The van der Waals surface area contributed by atoms with Gasteiger partial charge in [-0.3, -0.25) is 14.4 Å². The summed E-state index contributed by atoms with van der Waals surface area (Å²) in [7, 11) is 0. The van der Waals surface area contributed by atoms with Crippen LogP contribution in [0.2, 0.25) is 5.02 Å². The third kappa shape index (κ3) is 4.73. The van der Waals surface area contributed by atoms with Crippen LogP contribution in [0.1, 0.15) is 41.2 Å². The van der Waals surface area contributed by atoms with Crippen LogP contribution in [0.4, 0.5) is 0 Å². The van der Waals surface area contributed by atoms with Crippen LogP contribution in [-0.4, -0.2) is 30.3 Å². The Balaban J connectivity index is 2.29. The number of hydrogen-bond donors (Lipinski definition) is 1. The molecule has 2 atom stereocenters. The number of ether oxygens (including phenoxy) is 1. The summed E-state index contributed by atoms with van der Waals surface area (Å²) in [6, 6.07) is 8.17. The van der Waals surface area contributed by atoms with Crippen molar-refractivity contribution >= 4 is 29.3 Å². The van der Waals surface area contributed by atoms with Gasteiger partial charge in [0.05, 0.1) is 18.8 Å². The van der Waals surface area contributed by atoms with E-state index in [9.17, 15) is 14.4 Å². The van der Waals surface area contributed by atoms with Gasteiger partial charge in [-0.25, -0.2) is 0 Å². The van der Waals surface area contributed by atoms with Crippen molar-refractivity contribution in [2.45, 2.75) is 26.3 Å². The molecule has 1 aromatic carbocycles. The van der Waals surface area contributed by atoms with Crippen LogP contribution in [0.25, 0.3) is 0 Å². The molecule has 2 rings (SSSR count). The molecule has 7 heteroatoms. The molecule has 2 aromatic rings. The molecule has 0 bridgehead atoms. The Morgan fingerprint density at radius 3 is 2.38 bits per heavy atom. The zero-order valence-electron chi connectivity index (χ0n) is 14.5. The summed E-state index contributed by atoms with van der Waals surface area (Å²) >= 11 is 5.83. The molecule has 1 N–H and O–H groups in total. The SMILES string of the molecule is CCOC(=O)C(CC)C(NC(=O)c1ccc(Cl)cc1)C(=O)c1ccco1. The Bertz CT molecular complexity index is 755. The molecule has 0 saturated heterocycles. The van der Waals surface area contributed by atoms with E-state index in [0.717, 1.165) is 0 Å². The van der Waals surface area contributed by atoms with E-state index < -0.39 is 29.6 Å². The zero-order valence-corrected chi connectivity index (χ0v) is 15.3. The average molecular weight is 378 g/mol. The highest BCUT2D eigenvalue weighted by Gasteiger charge is 2.36. The van der Waals surface area contributed by atoms with E-state index in [2.05, 4.69) is 5.32 Å². The Kier molecular flexibility index (Phi) is 6.97. The molecule has 2 unspecified atom stereocenters. The van der Waals surface area contributed by atoms with E-state index in [0.29, 0.717) is 17.0 Å². The molecule has 0 aliphatic carbocycles. The van der Waals surface area contributed by atoms with Crippen molar-refractivity contribution < 1.29 is 23.5 Å². The van der Waals surface area contributed by atoms with E-state index in [1.54, 1.807) is 32.0 Å². The fourth-order valence-electron chi connectivity index (χ4n) is 2.53. The summed E-state index contributed by atoms with van der Waals surface area (Å²) < 4.78 is 10.2. The first-order chi connectivity index (χ1) is 12.5. The molecule has 26 heavy (non-hydrogen) atoms. The molecule has 1 heterocycles. The molecule has 0 saturated carbocycles. The van der Waals surface area contributed by atoms with Gasteiger partial charge in [0.25, 0.3) is 5.91 Å². The number of halogens is 1. The van der Waals surface area contributed by atoms with Crippen molar-refractivity contribution in [1.29, 1.82) is 0 Å². The maximum absolute atomic E-state index is 12.8. The van der Waals surface area contributed by atoms with Crippen LogP contribution in [0.15, 0.2) is 47.1 Å². The molecule has 0 spiro atoms. The van der Waals surface area contributed by atoms with Crippen LogP contribution in [0.5, 0.6) is 0 Å². The van der Waals surface area contributed by atoms with Gasteiger partial charge < -0.3 is 14.5 Å². The third-order valence-electron chi connectivity index (χ3n) is 3.87. The lowest BCUT2D eigenvalue weighted by Gasteiger charge is -2.24. The molecular weight excluding hydrogens is 358 g/mol. The van der Waals surface area contributed by atoms with Gasteiger partial charge in [0, 0.05) is 10.6 Å². The summed E-state index contributed by atoms with van der Waals surface area (Å²) in [5.41, 5.74) is 0.324. The highest BCUT2D eigenvalue weighted by Crippen LogP contribution is 2.18. The Morgan fingerprint density at radius 1 is 1.15 bits per heavy atom. The molecule has 0 aliphatic heterocycles. The van der Waals surface area contributed by atoms with Crippen molar-refractivity contribution in [3.05, 3.63) is 59.0 Å². The summed E-state index contributed by atoms with van der Waals surface area (Å²) in [6.45, 7) is 3.61.